The monoisotopic (exact) mass is 475 g/mol. The fourth-order valence-electron chi connectivity index (χ4n) is 5.97. The molecular weight excluding hydrogens is 442 g/mol. The number of rotatable bonds is 6. The summed E-state index contributed by atoms with van der Waals surface area (Å²) in [5, 5.41) is 16.2. The maximum atomic E-state index is 13.3. The molecule has 3 fully saturated rings. The second-order valence-electron chi connectivity index (χ2n) is 10.1. The van der Waals surface area contributed by atoms with E-state index in [0.29, 0.717) is 18.5 Å². The zero-order chi connectivity index (χ0) is 24.4. The molecule has 5 rings (SSSR count). The number of likely N-dealkylation sites (tertiary alicyclic amines) is 1. The van der Waals surface area contributed by atoms with E-state index in [2.05, 4.69) is 22.8 Å². The number of Topliss-reactive ketones (excluding diaryl/α,β-unsaturated/α-hetero) is 1. The average Bonchev–Trinajstić information content (AvgIpc) is 3.36. The van der Waals surface area contributed by atoms with Gasteiger partial charge in [0.15, 0.2) is 5.78 Å². The van der Waals surface area contributed by atoms with Crippen LogP contribution in [0.3, 0.4) is 0 Å². The van der Waals surface area contributed by atoms with Gasteiger partial charge >= 0.3 is 5.97 Å². The van der Waals surface area contributed by atoms with Crippen LogP contribution >= 0.6 is 0 Å². The van der Waals surface area contributed by atoms with Crippen LogP contribution in [0.15, 0.2) is 54.6 Å². The van der Waals surface area contributed by atoms with Gasteiger partial charge < -0.3 is 20.6 Å². The topological polar surface area (TPSA) is 98.7 Å². The Morgan fingerprint density at radius 2 is 1.74 bits per heavy atom. The summed E-state index contributed by atoms with van der Waals surface area (Å²) in [7, 11) is 0. The van der Waals surface area contributed by atoms with E-state index in [-0.39, 0.29) is 42.3 Å². The highest BCUT2D eigenvalue weighted by Crippen LogP contribution is 2.31. The molecule has 5 atom stereocenters. The Labute approximate surface area is 205 Å². The average molecular weight is 476 g/mol. The smallest absolute Gasteiger partial charge is 0.315 e. The molecule has 3 N–H and O–H groups in total. The lowest BCUT2D eigenvalue weighted by molar-refractivity contribution is -0.150. The first-order chi connectivity index (χ1) is 17.0. The van der Waals surface area contributed by atoms with Gasteiger partial charge in [-0.2, -0.15) is 0 Å². The molecule has 2 aromatic rings. The second kappa shape index (κ2) is 10.3. The molecule has 7 heteroatoms. The predicted octanol–water partition coefficient (Wildman–Crippen LogP) is 2.96. The van der Waals surface area contributed by atoms with Crippen LogP contribution in [-0.2, 0) is 9.59 Å². The molecule has 2 saturated heterocycles. The van der Waals surface area contributed by atoms with E-state index in [1.165, 1.54) is 0 Å². The van der Waals surface area contributed by atoms with E-state index >= 15 is 0 Å². The molecule has 1 amide bonds. The van der Waals surface area contributed by atoms with Crippen molar-refractivity contribution >= 4 is 17.7 Å². The number of piperidine rings is 1. The summed E-state index contributed by atoms with van der Waals surface area (Å²) in [6, 6.07) is 18.3. The first-order valence-corrected chi connectivity index (χ1v) is 12.7. The van der Waals surface area contributed by atoms with Gasteiger partial charge in [-0.15, -0.1) is 0 Å². The number of carbonyl (C=O) groups is 3. The van der Waals surface area contributed by atoms with Crippen LogP contribution in [0.4, 0.5) is 0 Å². The number of carbonyl (C=O) groups excluding carboxylic acids is 2. The maximum Gasteiger partial charge on any atom is 0.315 e. The summed E-state index contributed by atoms with van der Waals surface area (Å²) >= 11 is 0. The Morgan fingerprint density at radius 3 is 2.49 bits per heavy atom. The lowest BCUT2D eigenvalue weighted by atomic mass is 9.73. The molecule has 0 bridgehead atoms. The van der Waals surface area contributed by atoms with Crippen molar-refractivity contribution < 1.29 is 19.5 Å². The zero-order valence-corrected chi connectivity index (χ0v) is 19.9. The Kier molecular flexibility index (Phi) is 6.97. The van der Waals surface area contributed by atoms with E-state index in [4.69, 9.17) is 0 Å². The molecule has 0 radical (unpaired) electrons. The number of nitrogens with zero attached hydrogens (tertiary/aromatic N) is 1. The van der Waals surface area contributed by atoms with E-state index < -0.39 is 11.9 Å². The van der Waals surface area contributed by atoms with Gasteiger partial charge in [0.25, 0.3) is 5.91 Å². The van der Waals surface area contributed by atoms with E-state index in [1.807, 2.05) is 47.4 Å². The SMILES string of the molecule is O=C(O)C1CNC2CCC(NCC3CCCN3C(=O)c3ccc(-c4ccccc4)cc3)CC2C1=O. The van der Waals surface area contributed by atoms with Gasteiger partial charge in [-0.05, 0) is 55.4 Å². The highest BCUT2D eigenvalue weighted by Gasteiger charge is 2.44. The number of nitrogens with one attached hydrogen (secondary N) is 2. The summed E-state index contributed by atoms with van der Waals surface area (Å²) in [5.74, 6) is -2.29. The van der Waals surface area contributed by atoms with Gasteiger partial charge in [0.05, 0.1) is 0 Å². The van der Waals surface area contributed by atoms with Gasteiger partial charge in [-0.25, -0.2) is 0 Å². The molecule has 1 aliphatic carbocycles. The predicted molar refractivity (Wildman–Crippen MR) is 133 cm³/mol. The van der Waals surface area contributed by atoms with E-state index in [0.717, 1.165) is 43.4 Å². The Hall–Kier alpha value is -3.03. The van der Waals surface area contributed by atoms with Crippen LogP contribution in [0.5, 0.6) is 0 Å². The highest BCUT2D eigenvalue weighted by atomic mass is 16.4. The maximum absolute atomic E-state index is 13.3. The fraction of sp³-hybridized carbons (Fsp3) is 0.464. The second-order valence-corrected chi connectivity index (χ2v) is 10.1. The lowest BCUT2D eigenvalue weighted by Gasteiger charge is -2.41. The highest BCUT2D eigenvalue weighted by molar-refractivity contribution is 6.00. The molecule has 7 nitrogen and oxygen atoms in total. The number of hydrogen-bond donors (Lipinski definition) is 3. The summed E-state index contributed by atoms with van der Waals surface area (Å²) in [6.45, 7) is 1.68. The van der Waals surface area contributed by atoms with Gasteiger partial charge in [0.2, 0.25) is 0 Å². The van der Waals surface area contributed by atoms with Crippen LogP contribution in [0.1, 0.15) is 42.5 Å². The quantitative estimate of drug-likeness (QED) is 0.556. The molecular formula is C28H33N3O4. The number of benzene rings is 2. The molecule has 184 valence electrons. The number of amides is 1. The summed E-state index contributed by atoms with van der Waals surface area (Å²) < 4.78 is 0. The third-order valence-electron chi connectivity index (χ3n) is 7.96. The van der Waals surface area contributed by atoms with Gasteiger partial charge in [-0.1, -0.05) is 42.5 Å². The molecule has 5 unspecified atom stereocenters. The molecule has 1 saturated carbocycles. The van der Waals surface area contributed by atoms with Crippen molar-refractivity contribution in [2.24, 2.45) is 11.8 Å². The zero-order valence-electron chi connectivity index (χ0n) is 19.9. The van der Waals surface area contributed by atoms with Crippen molar-refractivity contribution in [1.29, 1.82) is 0 Å². The first-order valence-electron chi connectivity index (χ1n) is 12.7. The largest absolute Gasteiger partial charge is 0.481 e. The van der Waals surface area contributed by atoms with Crippen molar-refractivity contribution in [3.05, 3.63) is 60.2 Å². The Bertz CT molecular complexity index is 1070. The van der Waals surface area contributed by atoms with Crippen molar-refractivity contribution in [3.8, 4) is 11.1 Å². The third kappa shape index (κ3) is 5.02. The normalized spacial score (nSPS) is 28.5. The molecule has 2 aromatic carbocycles. The van der Waals surface area contributed by atoms with Crippen molar-refractivity contribution in [1.82, 2.24) is 15.5 Å². The number of carboxylic acid groups (broad SMARTS) is 1. The van der Waals surface area contributed by atoms with Crippen molar-refractivity contribution in [3.63, 3.8) is 0 Å². The lowest BCUT2D eigenvalue weighted by Crippen LogP contribution is -2.58. The van der Waals surface area contributed by atoms with Gasteiger partial charge in [0.1, 0.15) is 5.92 Å². The molecule has 2 aliphatic heterocycles. The number of carboxylic acids is 1. The van der Waals surface area contributed by atoms with Gasteiger partial charge in [0, 0.05) is 49.2 Å². The molecule has 35 heavy (non-hydrogen) atoms. The minimum absolute atomic E-state index is 0.0635. The molecule has 0 aromatic heterocycles. The third-order valence-corrected chi connectivity index (χ3v) is 7.96. The van der Waals surface area contributed by atoms with Crippen LogP contribution in [0.2, 0.25) is 0 Å². The van der Waals surface area contributed by atoms with Crippen LogP contribution < -0.4 is 10.6 Å². The Balaban J connectivity index is 1.18. The van der Waals surface area contributed by atoms with Crippen molar-refractivity contribution in [2.45, 2.75) is 50.2 Å². The molecule has 2 heterocycles. The fourth-order valence-corrected chi connectivity index (χ4v) is 5.97. The Morgan fingerprint density at radius 1 is 1.00 bits per heavy atom. The minimum Gasteiger partial charge on any atom is -0.481 e. The van der Waals surface area contributed by atoms with Crippen LogP contribution in [0, 0.1) is 11.8 Å². The number of fused-ring (bicyclic) bond motifs is 1. The number of ketones is 1. The molecule has 0 spiro atoms. The van der Waals surface area contributed by atoms with Crippen LogP contribution in [0.25, 0.3) is 11.1 Å². The standard InChI is InChI=1S/C28H33N3O4/c32-26-23-15-21(12-13-25(23)30-17-24(26)28(34)35)29-16-22-7-4-14-31(22)27(33)20-10-8-19(9-11-20)18-5-2-1-3-6-18/h1-3,5-6,8-11,21-25,29-30H,4,7,12-17H2,(H,34,35). The van der Waals surface area contributed by atoms with Crippen LogP contribution in [-0.4, -0.2) is 65.4 Å². The summed E-state index contributed by atoms with van der Waals surface area (Å²) in [4.78, 5) is 39.4. The van der Waals surface area contributed by atoms with Crippen molar-refractivity contribution in [2.75, 3.05) is 19.6 Å². The number of hydrogen-bond acceptors (Lipinski definition) is 5. The first kappa shape index (κ1) is 23.7. The summed E-state index contributed by atoms with van der Waals surface area (Å²) in [5.41, 5.74) is 2.93. The number of aliphatic carboxylic acids is 1. The van der Waals surface area contributed by atoms with E-state index in [1.54, 1.807) is 0 Å². The minimum atomic E-state index is -1.03. The van der Waals surface area contributed by atoms with E-state index in [9.17, 15) is 19.5 Å². The molecule has 3 aliphatic rings. The summed E-state index contributed by atoms with van der Waals surface area (Å²) in [6.07, 6.45) is 4.41. The van der Waals surface area contributed by atoms with Gasteiger partial charge in [-0.3, -0.25) is 14.4 Å².